The monoisotopic (exact) mass is 271 g/mol. The molecular formula is C13H15ClFNO2. The van der Waals surface area contributed by atoms with Crippen LogP contribution in [0, 0.1) is 11.7 Å². The van der Waals surface area contributed by atoms with Gasteiger partial charge in [-0.05, 0) is 31.5 Å². The fourth-order valence-electron chi connectivity index (χ4n) is 2.31. The molecule has 1 aliphatic rings. The fraction of sp³-hybridized carbons (Fsp3) is 0.462. The van der Waals surface area contributed by atoms with E-state index in [1.807, 2.05) is 4.90 Å². The predicted molar refractivity (Wildman–Crippen MR) is 67.0 cm³/mol. The van der Waals surface area contributed by atoms with Crippen LogP contribution < -0.4 is 0 Å². The highest BCUT2D eigenvalue weighted by Crippen LogP contribution is 2.24. The summed E-state index contributed by atoms with van der Waals surface area (Å²) in [6.45, 7) is 1.61. The lowest BCUT2D eigenvalue weighted by Gasteiger charge is -2.30. The molecular weight excluding hydrogens is 257 g/mol. The number of hydrogen-bond acceptors (Lipinski definition) is 2. The van der Waals surface area contributed by atoms with Crippen molar-refractivity contribution in [1.82, 2.24) is 4.90 Å². The van der Waals surface area contributed by atoms with E-state index >= 15 is 0 Å². The van der Waals surface area contributed by atoms with E-state index in [1.165, 1.54) is 6.07 Å². The second kappa shape index (κ2) is 5.67. The van der Waals surface area contributed by atoms with Crippen molar-refractivity contribution in [3.05, 3.63) is 34.6 Å². The SMILES string of the molecule is O=C(O)C1CCCN(Cc2c(F)cccc2Cl)C1. The van der Waals surface area contributed by atoms with Crippen LogP contribution in [0.4, 0.5) is 4.39 Å². The van der Waals surface area contributed by atoms with E-state index in [1.54, 1.807) is 12.1 Å². The van der Waals surface area contributed by atoms with Gasteiger partial charge >= 0.3 is 5.97 Å². The van der Waals surface area contributed by atoms with E-state index in [4.69, 9.17) is 16.7 Å². The van der Waals surface area contributed by atoms with Crippen LogP contribution in [0.5, 0.6) is 0 Å². The molecule has 1 saturated heterocycles. The standard InChI is InChI=1S/C13H15ClFNO2/c14-11-4-1-5-12(15)10(11)8-16-6-2-3-9(7-16)13(17)18/h1,4-5,9H,2-3,6-8H2,(H,17,18). The van der Waals surface area contributed by atoms with Gasteiger partial charge in [0.05, 0.1) is 5.92 Å². The van der Waals surface area contributed by atoms with E-state index in [0.717, 1.165) is 13.0 Å². The molecule has 0 spiro atoms. The first-order valence-electron chi connectivity index (χ1n) is 5.96. The summed E-state index contributed by atoms with van der Waals surface area (Å²) < 4.78 is 13.6. The van der Waals surface area contributed by atoms with Crippen LogP contribution in [0.15, 0.2) is 18.2 Å². The Morgan fingerprint density at radius 2 is 2.33 bits per heavy atom. The second-order valence-corrected chi connectivity index (χ2v) is 5.02. The minimum atomic E-state index is -0.778. The molecule has 98 valence electrons. The van der Waals surface area contributed by atoms with E-state index in [2.05, 4.69) is 0 Å². The van der Waals surface area contributed by atoms with Gasteiger partial charge in [-0.2, -0.15) is 0 Å². The zero-order chi connectivity index (χ0) is 13.1. The summed E-state index contributed by atoms with van der Waals surface area (Å²) in [5.41, 5.74) is 0.449. The molecule has 1 unspecified atom stereocenters. The van der Waals surface area contributed by atoms with Gasteiger partial charge in [-0.15, -0.1) is 0 Å². The zero-order valence-corrected chi connectivity index (χ0v) is 10.7. The van der Waals surface area contributed by atoms with Crippen LogP contribution in [0.25, 0.3) is 0 Å². The van der Waals surface area contributed by atoms with Gasteiger partial charge in [0, 0.05) is 23.7 Å². The number of hydrogen-bond donors (Lipinski definition) is 1. The molecule has 1 atom stereocenters. The Morgan fingerprint density at radius 1 is 1.56 bits per heavy atom. The molecule has 2 rings (SSSR count). The molecule has 1 fully saturated rings. The van der Waals surface area contributed by atoms with Gasteiger partial charge in [0.25, 0.3) is 0 Å². The Hall–Kier alpha value is -1.13. The largest absolute Gasteiger partial charge is 0.481 e. The summed E-state index contributed by atoms with van der Waals surface area (Å²) in [4.78, 5) is 12.9. The van der Waals surface area contributed by atoms with Gasteiger partial charge in [0.2, 0.25) is 0 Å². The Labute approximate surface area is 110 Å². The maximum Gasteiger partial charge on any atom is 0.307 e. The van der Waals surface area contributed by atoms with Gasteiger partial charge in [0.15, 0.2) is 0 Å². The lowest BCUT2D eigenvalue weighted by Crippen LogP contribution is -2.38. The minimum Gasteiger partial charge on any atom is -0.481 e. The molecule has 1 aromatic rings. The number of nitrogens with zero attached hydrogens (tertiary/aromatic N) is 1. The van der Waals surface area contributed by atoms with E-state index in [9.17, 15) is 9.18 Å². The molecule has 5 heteroatoms. The summed E-state index contributed by atoms with van der Waals surface area (Å²) in [5, 5.41) is 9.40. The van der Waals surface area contributed by atoms with Crippen LogP contribution in [-0.2, 0) is 11.3 Å². The fourth-order valence-corrected chi connectivity index (χ4v) is 2.53. The van der Waals surface area contributed by atoms with Crippen LogP contribution in [0.3, 0.4) is 0 Å². The highest BCUT2D eigenvalue weighted by atomic mass is 35.5. The van der Waals surface area contributed by atoms with Crippen molar-refractivity contribution < 1.29 is 14.3 Å². The molecule has 0 saturated carbocycles. The molecule has 1 N–H and O–H groups in total. The van der Waals surface area contributed by atoms with Gasteiger partial charge in [-0.1, -0.05) is 17.7 Å². The second-order valence-electron chi connectivity index (χ2n) is 4.61. The van der Waals surface area contributed by atoms with Crippen molar-refractivity contribution in [2.75, 3.05) is 13.1 Å². The molecule has 1 aliphatic heterocycles. The predicted octanol–water partition coefficient (Wildman–Crippen LogP) is 2.78. The number of carboxylic acids is 1. The smallest absolute Gasteiger partial charge is 0.307 e. The quantitative estimate of drug-likeness (QED) is 0.919. The molecule has 1 aromatic carbocycles. The van der Waals surface area contributed by atoms with Crippen molar-refractivity contribution in [2.45, 2.75) is 19.4 Å². The van der Waals surface area contributed by atoms with Crippen LogP contribution in [0.2, 0.25) is 5.02 Å². The molecule has 1 heterocycles. The summed E-state index contributed by atoms with van der Waals surface area (Å²) in [6, 6.07) is 4.59. The summed E-state index contributed by atoms with van der Waals surface area (Å²) in [7, 11) is 0. The maximum atomic E-state index is 13.6. The number of halogens is 2. The van der Waals surface area contributed by atoms with E-state index in [-0.39, 0.29) is 11.7 Å². The Balaban J connectivity index is 2.07. The Bertz CT molecular complexity index is 432. The zero-order valence-electron chi connectivity index (χ0n) is 9.90. The molecule has 0 amide bonds. The van der Waals surface area contributed by atoms with Gasteiger partial charge in [0.1, 0.15) is 5.82 Å². The number of likely N-dealkylation sites (tertiary alicyclic amines) is 1. The first kappa shape index (κ1) is 13.3. The van der Waals surface area contributed by atoms with Crippen LogP contribution in [-0.4, -0.2) is 29.1 Å². The number of carboxylic acid groups (broad SMARTS) is 1. The first-order chi connectivity index (χ1) is 8.58. The first-order valence-corrected chi connectivity index (χ1v) is 6.34. The molecule has 18 heavy (non-hydrogen) atoms. The lowest BCUT2D eigenvalue weighted by atomic mass is 9.98. The van der Waals surface area contributed by atoms with Crippen molar-refractivity contribution in [3.8, 4) is 0 Å². The molecule has 0 aliphatic carbocycles. The third-order valence-corrected chi connectivity index (χ3v) is 3.65. The lowest BCUT2D eigenvalue weighted by molar-refractivity contribution is -0.143. The number of piperidine rings is 1. The molecule has 0 bridgehead atoms. The van der Waals surface area contributed by atoms with Gasteiger partial charge in [-0.25, -0.2) is 4.39 Å². The van der Waals surface area contributed by atoms with Crippen LogP contribution >= 0.6 is 11.6 Å². The number of aliphatic carboxylic acids is 1. The van der Waals surface area contributed by atoms with Gasteiger partial charge < -0.3 is 5.11 Å². The average molecular weight is 272 g/mol. The van der Waals surface area contributed by atoms with E-state index < -0.39 is 5.97 Å². The van der Waals surface area contributed by atoms with Crippen molar-refractivity contribution in [2.24, 2.45) is 5.92 Å². The van der Waals surface area contributed by atoms with Crippen LogP contribution in [0.1, 0.15) is 18.4 Å². The molecule has 0 aromatic heterocycles. The Morgan fingerprint density at radius 3 is 3.00 bits per heavy atom. The topological polar surface area (TPSA) is 40.5 Å². The minimum absolute atomic E-state index is 0.333. The van der Waals surface area contributed by atoms with Crippen molar-refractivity contribution in [3.63, 3.8) is 0 Å². The van der Waals surface area contributed by atoms with E-state index in [0.29, 0.717) is 30.1 Å². The third kappa shape index (κ3) is 3.00. The number of carbonyl (C=O) groups is 1. The summed E-state index contributed by atoms with van der Waals surface area (Å²) in [6.07, 6.45) is 1.51. The normalized spacial score (nSPS) is 20.9. The number of rotatable bonds is 3. The van der Waals surface area contributed by atoms with Gasteiger partial charge in [-0.3, -0.25) is 9.69 Å². The third-order valence-electron chi connectivity index (χ3n) is 3.30. The maximum absolute atomic E-state index is 13.6. The molecule has 3 nitrogen and oxygen atoms in total. The summed E-state index contributed by atoms with van der Waals surface area (Å²) in [5.74, 6) is -1.47. The highest BCUT2D eigenvalue weighted by Gasteiger charge is 2.26. The van der Waals surface area contributed by atoms with Crippen molar-refractivity contribution >= 4 is 17.6 Å². The highest BCUT2D eigenvalue weighted by molar-refractivity contribution is 6.31. The summed E-state index contributed by atoms with van der Waals surface area (Å²) >= 11 is 5.96. The Kier molecular flexibility index (Phi) is 4.19. The average Bonchev–Trinajstić information content (AvgIpc) is 2.34. The number of benzene rings is 1. The molecule has 0 radical (unpaired) electrons. The van der Waals surface area contributed by atoms with Crippen molar-refractivity contribution in [1.29, 1.82) is 0 Å².